The molecule has 2 rings (SSSR count). The van der Waals surface area contributed by atoms with E-state index in [9.17, 15) is 0 Å². The van der Waals surface area contributed by atoms with E-state index in [2.05, 4.69) is 25.8 Å². The van der Waals surface area contributed by atoms with Gasteiger partial charge in [-0.25, -0.2) is 15.8 Å². The van der Waals surface area contributed by atoms with Crippen molar-refractivity contribution in [3.8, 4) is 5.75 Å². The molecule has 2 heterocycles. The minimum Gasteiger partial charge on any atom is -0.490 e. The molecule has 0 bridgehead atoms. The first-order valence-corrected chi connectivity index (χ1v) is 5.92. The van der Waals surface area contributed by atoms with Crippen molar-refractivity contribution in [1.29, 1.82) is 0 Å². The van der Waals surface area contributed by atoms with Crippen LogP contribution in [0, 0.1) is 0 Å². The molecular weight excluding hydrogens is 246 g/mol. The van der Waals surface area contributed by atoms with Crippen LogP contribution in [0.5, 0.6) is 5.75 Å². The second-order valence-corrected chi connectivity index (χ2v) is 3.80. The topological polar surface area (TPSA) is 103 Å². The Labute approximate surface area is 111 Å². The number of aromatic nitrogens is 4. The Hall–Kier alpha value is -2.35. The predicted octanol–water partition coefficient (Wildman–Crippen LogP) is 0.469. The lowest BCUT2D eigenvalue weighted by molar-refractivity contribution is 0.414. The molecule has 19 heavy (non-hydrogen) atoms. The van der Waals surface area contributed by atoms with E-state index in [1.165, 1.54) is 6.33 Å². The van der Waals surface area contributed by atoms with Gasteiger partial charge in [0.25, 0.3) is 0 Å². The van der Waals surface area contributed by atoms with Gasteiger partial charge in [-0.2, -0.15) is 5.10 Å². The third-order valence-corrected chi connectivity index (χ3v) is 2.56. The standard InChI is InChI=1S/C11H17N7O/c1-19-9-10(14-8-15-11(9)17-12)13-4-2-6-18-7-3-5-16-18/h3,5,7-8H,2,4,6,12H2,1H3,(H2,13,14,15,17). The predicted molar refractivity (Wildman–Crippen MR) is 71.7 cm³/mol. The van der Waals surface area contributed by atoms with Crippen LogP contribution in [-0.2, 0) is 6.54 Å². The van der Waals surface area contributed by atoms with Crippen molar-refractivity contribution in [3.05, 3.63) is 24.8 Å². The summed E-state index contributed by atoms with van der Waals surface area (Å²) >= 11 is 0. The Morgan fingerprint density at radius 3 is 2.89 bits per heavy atom. The van der Waals surface area contributed by atoms with E-state index >= 15 is 0 Å². The first-order chi connectivity index (χ1) is 9.35. The van der Waals surface area contributed by atoms with Crippen molar-refractivity contribution in [2.45, 2.75) is 13.0 Å². The van der Waals surface area contributed by atoms with E-state index in [0.29, 0.717) is 17.4 Å². The molecule has 2 aromatic rings. The maximum atomic E-state index is 5.35. The maximum absolute atomic E-state index is 5.35. The Morgan fingerprint density at radius 2 is 2.21 bits per heavy atom. The molecule has 2 aromatic heterocycles. The number of anilines is 2. The molecule has 0 amide bonds. The highest BCUT2D eigenvalue weighted by Gasteiger charge is 2.10. The molecule has 0 unspecified atom stereocenters. The Bertz CT molecular complexity index is 500. The summed E-state index contributed by atoms with van der Waals surface area (Å²) in [6.07, 6.45) is 6.04. The van der Waals surface area contributed by atoms with Gasteiger partial charge in [0, 0.05) is 25.5 Å². The van der Waals surface area contributed by atoms with E-state index in [1.54, 1.807) is 13.3 Å². The van der Waals surface area contributed by atoms with Gasteiger partial charge in [-0.3, -0.25) is 4.68 Å². The molecular formula is C11H17N7O. The minimum atomic E-state index is 0.451. The summed E-state index contributed by atoms with van der Waals surface area (Å²) in [6, 6.07) is 1.90. The van der Waals surface area contributed by atoms with Crippen LogP contribution in [0.25, 0.3) is 0 Å². The van der Waals surface area contributed by atoms with Crippen LogP contribution in [0.15, 0.2) is 24.8 Å². The number of rotatable bonds is 7. The number of hydrazine groups is 1. The van der Waals surface area contributed by atoms with Gasteiger partial charge in [-0.15, -0.1) is 0 Å². The molecule has 0 atom stereocenters. The van der Waals surface area contributed by atoms with Crippen LogP contribution < -0.4 is 21.3 Å². The zero-order valence-corrected chi connectivity index (χ0v) is 10.7. The highest BCUT2D eigenvalue weighted by molar-refractivity contribution is 5.62. The first kappa shape index (κ1) is 13.1. The van der Waals surface area contributed by atoms with Crippen LogP contribution in [0.2, 0.25) is 0 Å². The fourth-order valence-electron chi connectivity index (χ4n) is 1.68. The van der Waals surface area contributed by atoms with Crippen molar-refractivity contribution < 1.29 is 4.74 Å². The van der Waals surface area contributed by atoms with Crippen LogP contribution in [0.1, 0.15) is 6.42 Å². The Balaban J connectivity index is 1.88. The molecule has 8 nitrogen and oxygen atoms in total. The van der Waals surface area contributed by atoms with Gasteiger partial charge in [0.2, 0.25) is 5.75 Å². The minimum absolute atomic E-state index is 0.451. The number of nitrogens with zero attached hydrogens (tertiary/aromatic N) is 4. The van der Waals surface area contributed by atoms with E-state index in [4.69, 9.17) is 10.6 Å². The molecule has 8 heteroatoms. The SMILES string of the molecule is COc1c(NN)ncnc1NCCCn1cccn1. The zero-order chi connectivity index (χ0) is 13.5. The smallest absolute Gasteiger partial charge is 0.205 e. The van der Waals surface area contributed by atoms with Gasteiger partial charge < -0.3 is 15.5 Å². The molecule has 0 saturated heterocycles. The summed E-state index contributed by atoms with van der Waals surface area (Å²) in [5.41, 5.74) is 2.47. The Morgan fingerprint density at radius 1 is 1.37 bits per heavy atom. The van der Waals surface area contributed by atoms with Gasteiger partial charge in [0.05, 0.1) is 7.11 Å². The third kappa shape index (κ3) is 3.32. The number of hydrogen-bond acceptors (Lipinski definition) is 7. The molecule has 0 aliphatic carbocycles. The van der Waals surface area contributed by atoms with E-state index in [-0.39, 0.29) is 0 Å². The molecule has 0 aliphatic rings. The number of ether oxygens (including phenoxy) is 1. The number of hydrogen-bond donors (Lipinski definition) is 3. The van der Waals surface area contributed by atoms with E-state index in [0.717, 1.165) is 19.5 Å². The molecule has 0 spiro atoms. The zero-order valence-electron chi connectivity index (χ0n) is 10.7. The number of nitrogens with two attached hydrogens (primary N) is 1. The summed E-state index contributed by atoms with van der Waals surface area (Å²) in [6.45, 7) is 1.59. The molecule has 0 aromatic carbocycles. The average Bonchev–Trinajstić information content (AvgIpc) is 2.96. The van der Waals surface area contributed by atoms with Gasteiger partial charge in [-0.1, -0.05) is 0 Å². The second-order valence-electron chi connectivity index (χ2n) is 3.80. The van der Waals surface area contributed by atoms with Crippen molar-refractivity contribution in [1.82, 2.24) is 19.7 Å². The summed E-state index contributed by atoms with van der Waals surface area (Å²) in [5.74, 6) is 6.93. The highest BCUT2D eigenvalue weighted by Crippen LogP contribution is 2.27. The third-order valence-electron chi connectivity index (χ3n) is 2.56. The van der Waals surface area contributed by atoms with Gasteiger partial charge >= 0.3 is 0 Å². The molecule has 0 saturated carbocycles. The van der Waals surface area contributed by atoms with Gasteiger partial charge in [0.1, 0.15) is 6.33 Å². The molecule has 0 radical (unpaired) electrons. The van der Waals surface area contributed by atoms with Crippen molar-refractivity contribution >= 4 is 11.6 Å². The van der Waals surface area contributed by atoms with Crippen molar-refractivity contribution in [3.63, 3.8) is 0 Å². The number of nitrogen functional groups attached to an aromatic ring is 1. The van der Waals surface area contributed by atoms with Gasteiger partial charge in [0.15, 0.2) is 11.6 Å². The quantitative estimate of drug-likeness (QED) is 0.379. The Kier molecular flexibility index (Phi) is 4.51. The lowest BCUT2D eigenvalue weighted by Crippen LogP contribution is -2.13. The van der Waals surface area contributed by atoms with Crippen LogP contribution >= 0.6 is 0 Å². The highest BCUT2D eigenvalue weighted by atomic mass is 16.5. The fraction of sp³-hybridized carbons (Fsp3) is 0.364. The second kappa shape index (κ2) is 6.55. The lowest BCUT2D eigenvalue weighted by Gasteiger charge is -2.12. The number of nitrogens with one attached hydrogen (secondary N) is 2. The maximum Gasteiger partial charge on any atom is 0.205 e. The van der Waals surface area contributed by atoms with Crippen LogP contribution in [-0.4, -0.2) is 33.4 Å². The normalized spacial score (nSPS) is 10.2. The largest absolute Gasteiger partial charge is 0.490 e. The fourth-order valence-corrected chi connectivity index (χ4v) is 1.68. The summed E-state index contributed by atoms with van der Waals surface area (Å²) < 4.78 is 7.10. The molecule has 4 N–H and O–H groups in total. The van der Waals surface area contributed by atoms with Crippen LogP contribution in [0.4, 0.5) is 11.6 Å². The van der Waals surface area contributed by atoms with E-state index in [1.807, 2.05) is 16.9 Å². The monoisotopic (exact) mass is 263 g/mol. The van der Waals surface area contributed by atoms with Crippen molar-refractivity contribution in [2.75, 3.05) is 24.4 Å². The van der Waals surface area contributed by atoms with Crippen molar-refractivity contribution in [2.24, 2.45) is 5.84 Å². The summed E-state index contributed by atoms with van der Waals surface area (Å²) in [7, 11) is 1.55. The summed E-state index contributed by atoms with van der Waals surface area (Å²) in [4.78, 5) is 8.10. The molecule has 0 fully saturated rings. The first-order valence-electron chi connectivity index (χ1n) is 5.92. The van der Waals surface area contributed by atoms with Gasteiger partial charge in [-0.05, 0) is 12.5 Å². The lowest BCUT2D eigenvalue weighted by atomic mass is 10.4. The average molecular weight is 263 g/mol. The number of aryl methyl sites for hydroxylation is 1. The van der Waals surface area contributed by atoms with Crippen LogP contribution in [0.3, 0.4) is 0 Å². The molecule has 0 aliphatic heterocycles. The van der Waals surface area contributed by atoms with E-state index < -0.39 is 0 Å². The molecule has 102 valence electrons. The summed E-state index contributed by atoms with van der Waals surface area (Å²) in [5, 5.41) is 7.32. The number of methoxy groups -OCH3 is 1.